The Kier molecular flexibility index (Phi) is 7.51. The lowest BCUT2D eigenvalue weighted by molar-refractivity contribution is -0.150. The van der Waals surface area contributed by atoms with E-state index in [1.165, 1.54) is 0 Å². The molecule has 0 aliphatic carbocycles. The van der Waals surface area contributed by atoms with Gasteiger partial charge < -0.3 is 15.4 Å². The topological polar surface area (TPSA) is 134 Å². The zero-order chi connectivity index (χ0) is 22.3. The summed E-state index contributed by atoms with van der Waals surface area (Å²) in [7, 11) is 0. The van der Waals surface area contributed by atoms with Gasteiger partial charge in [-0.3, -0.25) is 24.6 Å². The standard InChI is InChI=1S/C20H26N4O6/c1-13(2)9-10-21-18(28)22-15(25)12-30-16(26)11-24-17(27)20(3,23-19(24)29)14-7-5-4-6-8-14/h4-8,13H,9-12H2,1-3H3,(H,23,29)(H2,21,22,25,28)/t20-/m1/s1. The summed E-state index contributed by atoms with van der Waals surface area (Å²) in [4.78, 5) is 60.9. The monoisotopic (exact) mass is 418 g/mol. The molecule has 1 aromatic carbocycles. The van der Waals surface area contributed by atoms with Crippen LogP contribution in [0.3, 0.4) is 0 Å². The minimum absolute atomic E-state index is 0.399. The number of hydrogen-bond acceptors (Lipinski definition) is 6. The number of ether oxygens (including phenoxy) is 1. The third kappa shape index (κ3) is 5.79. The Morgan fingerprint density at radius 1 is 1.17 bits per heavy atom. The first-order valence-corrected chi connectivity index (χ1v) is 9.56. The molecule has 0 aromatic heterocycles. The lowest BCUT2D eigenvalue weighted by Crippen LogP contribution is -2.43. The van der Waals surface area contributed by atoms with E-state index in [2.05, 4.69) is 10.6 Å². The molecule has 0 saturated carbocycles. The van der Waals surface area contributed by atoms with Crippen molar-refractivity contribution in [2.75, 3.05) is 19.7 Å². The number of urea groups is 2. The zero-order valence-electron chi connectivity index (χ0n) is 17.2. The molecule has 162 valence electrons. The van der Waals surface area contributed by atoms with Crippen LogP contribution in [-0.4, -0.2) is 54.4 Å². The van der Waals surface area contributed by atoms with Gasteiger partial charge in [-0.15, -0.1) is 0 Å². The summed E-state index contributed by atoms with van der Waals surface area (Å²) in [5.41, 5.74) is -0.730. The van der Waals surface area contributed by atoms with Crippen molar-refractivity contribution in [1.82, 2.24) is 20.9 Å². The van der Waals surface area contributed by atoms with Crippen molar-refractivity contribution in [2.24, 2.45) is 5.92 Å². The van der Waals surface area contributed by atoms with Crippen LogP contribution in [0, 0.1) is 5.92 Å². The second kappa shape index (κ2) is 9.86. The maximum Gasteiger partial charge on any atom is 0.326 e. The minimum Gasteiger partial charge on any atom is -0.454 e. The highest BCUT2D eigenvalue weighted by Crippen LogP contribution is 2.28. The molecule has 10 heteroatoms. The molecule has 1 saturated heterocycles. The van der Waals surface area contributed by atoms with Crippen molar-refractivity contribution < 1.29 is 28.7 Å². The van der Waals surface area contributed by atoms with Crippen molar-refractivity contribution in [3.63, 3.8) is 0 Å². The van der Waals surface area contributed by atoms with E-state index in [-0.39, 0.29) is 0 Å². The number of imide groups is 2. The fraction of sp³-hybridized carbons (Fsp3) is 0.450. The number of esters is 1. The summed E-state index contributed by atoms with van der Waals surface area (Å²) in [5.74, 6) is -1.98. The van der Waals surface area contributed by atoms with Crippen LogP contribution in [-0.2, 0) is 24.7 Å². The normalized spacial score (nSPS) is 18.2. The summed E-state index contributed by atoms with van der Waals surface area (Å²) in [6, 6.07) is 7.19. The molecule has 10 nitrogen and oxygen atoms in total. The minimum atomic E-state index is -1.30. The molecule has 30 heavy (non-hydrogen) atoms. The van der Waals surface area contributed by atoms with Gasteiger partial charge in [0, 0.05) is 6.54 Å². The predicted molar refractivity (Wildman–Crippen MR) is 106 cm³/mol. The lowest BCUT2D eigenvalue weighted by Gasteiger charge is -2.21. The Morgan fingerprint density at radius 3 is 2.47 bits per heavy atom. The van der Waals surface area contributed by atoms with Crippen LogP contribution in [0.25, 0.3) is 0 Å². The molecule has 0 bridgehead atoms. The maximum absolute atomic E-state index is 12.7. The molecule has 0 spiro atoms. The predicted octanol–water partition coefficient (Wildman–Crippen LogP) is 0.869. The van der Waals surface area contributed by atoms with Gasteiger partial charge in [0.05, 0.1) is 0 Å². The molecule has 1 heterocycles. The molecular formula is C20H26N4O6. The van der Waals surface area contributed by atoms with Gasteiger partial charge in [0.1, 0.15) is 12.1 Å². The fourth-order valence-corrected chi connectivity index (χ4v) is 2.81. The molecule has 2 rings (SSSR count). The molecule has 3 N–H and O–H groups in total. The van der Waals surface area contributed by atoms with Crippen LogP contribution in [0.4, 0.5) is 9.59 Å². The quantitative estimate of drug-likeness (QED) is 0.424. The largest absolute Gasteiger partial charge is 0.454 e. The molecule has 1 aliphatic rings. The average Bonchev–Trinajstić information content (AvgIpc) is 2.91. The molecule has 1 atom stereocenters. The number of nitrogens with one attached hydrogen (secondary N) is 3. The second-order valence-corrected chi connectivity index (χ2v) is 7.46. The maximum atomic E-state index is 12.7. The van der Waals surface area contributed by atoms with Gasteiger partial charge in [-0.25, -0.2) is 9.59 Å². The van der Waals surface area contributed by atoms with Crippen LogP contribution in [0.15, 0.2) is 30.3 Å². The molecule has 1 fully saturated rings. The van der Waals surface area contributed by atoms with Gasteiger partial charge in [-0.2, -0.15) is 0 Å². The van der Waals surface area contributed by atoms with Crippen LogP contribution in [0.1, 0.15) is 32.8 Å². The molecule has 0 unspecified atom stereocenters. The Hall–Kier alpha value is -3.43. The van der Waals surface area contributed by atoms with Gasteiger partial charge in [-0.1, -0.05) is 44.2 Å². The number of carbonyl (C=O) groups excluding carboxylic acids is 5. The molecule has 6 amide bonds. The number of amides is 6. The van der Waals surface area contributed by atoms with E-state index < -0.39 is 48.5 Å². The SMILES string of the molecule is CC(C)CCNC(=O)NC(=O)COC(=O)CN1C(=O)N[C@](C)(c2ccccc2)C1=O. The highest BCUT2D eigenvalue weighted by atomic mass is 16.5. The number of rotatable bonds is 8. The molecule has 1 aromatic rings. The van der Waals surface area contributed by atoms with Crippen molar-refractivity contribution in [3.05, 3.63) is 35.9 Å². The molecular weight excluding hydrogens is 392 g/mol. The van der Waals surface area contributed by atoms with Crippen LogP contribution >= 0.6 is 0 Å². The summed E-state index contributed by atoms with van der Waals surface area (Å²) in [6.45, 7) is 4.58. The van der Waals surface area contributed by atoms with E-state index in [9.17, 15) is 24.0 Å². The summed E-state index contributed by atoms with van der Waals surface area (Å²) in [6.07, 6.45) is 0.754. The first kappa shape index (κ1) is 22.9. The van der Waals surface area contributed by atoms with E-state index in [0.29, 0.717) is 18.0 Å². The lowest BCUT2D eigenvalue weighted by atomic mass is 9.92. The summed E-state index contributed by atoms with van der Waals surface area (Å²) in [5, 5.41) is 7.11. The van der Waals surface area contributed by atoms with Gasteiger partial charge in [-0.05, 0) is 24.8 Å². The highest BCUT2D eigenvalue weighted by Gasteiger charge is 2.49. The Morgan fingerprint density at radius 2 is 1.83 bits per heavy atom. The second-order valence-electron chi connectivity index (χ2n) is 7.46. The first-order valence-electron chi connectivity index (χ1n) is 9.56. The Bertz CT molecular complexity index is 826. The van der Waals surface area contributed by atoms with E-state index in [4.69, 9.17) is 4.74 Å². The van der Waals surface area contributed by atoms with Gasteiger partial charge in [0.15, 0.2) is 6.61 Å². The highest BCUT2D eigenvalue weighted by molar-refractivity contribution is 6.09. The summed E-state index contributed by atoms with van der Waals surface area (Å²) < 4.78 is 4.78. The van der Waals surface area contributed by atoms with Crippen molar-refractivity contribution >= 4 is 29.8 Å². The third-order valence-corrected chi connectivity index (χ3v) is 4.54. The number of nitrogens with zero attached hydrogens (tertiary/aromatic N) is 1. The van der Waals surface area contributed by atoms with Crippen molar-refractivity contribution in [2.45, 2.75) is 32.7 Å². The number of hydrogen-bond donors (Lipinski definition) is 3. The van der Waals surface area contributed by atoms with E-state index in [1.807, 2.05) is 19.2 Å². The average molecular weight is 418 g/mol. The summed E-state index contributed by atoms with van der Waals surface area (Å²) >= 11 is 0. The van der Waals surface area contributed by atoms with Gasteiger partial charge >= 0.3 is 18.0 Å². The molecule has 0 radical (unpaired) electrons. The Labute approximate surface area is 174 Å². The fourth-order valence-electron chi connectivity index (χ4n) is 2.81. The number of benzene rings is 1. The first-order chi connectivity index (χ1) is 14.1. The Balaban J connectivity index is 1.82. The van der Waals surface area contributed by atoms with Gasteiger partial charge in [0.25, 0.3) is 11.8 Å². The van der Waals surface area contributed by atoms with Crippen LogP contribution < -0.4 is 16.0 Å². The van der Waals surface area contributed by atoms with Crippen LogP contribution in [0.5, 0.6) is 0 Å². The van der Waals surface area contributed by atoms with E-state index >= 15 is 0 Å². The van der Waals surface area contributed by atoms with E-state index in [0.717, 1.165) is 11.3 Å². The number of carbonyl (C=O) groups is 5. The third-order valence-electron chi connectivity index (χ3n) is 4.54. The zero-order valence-corrected chi connectivity index (χ0v) is 17.2. The van der Waals surface area contributed by atoms with E-state index in [1.54, 1.807) is 37.3 Å². The van der Waals surface area contributed by atoms with Crippen molar-refractivity contribution in [3.8, 4) is 0 Å². The van der Waals surface area contributed by atoms with Crippen LogP contribution in [0.2, 0.25) is 0 Å². The molecule has 1 aliphatic heterocycles. The van der Waals surface area contributed by atoms with Crippen molar-refractivity contribution in [1.29, 1.82) is 0 Å². The van der Waals surface area contributed by atoms with Gasteiger partial charge in [0.2, 0.25) is 0 Å². The smallest absolute Gasteiger partial charge is 0.326 e.